The van der Waals surface area contributed by atoms with Gasteiger partial charge in [-0.3, -0.25) is 14.5 Å². The summed E-state index contributed by atoms with van der Waals surface area (Å²) < 4.78 is 18.8. The van der Waals surface area contributed by atoms with Crippen molar-refractivity contribution >= 4 is 51.6 Å². The number of carbonyl (C=O) groups excluding carboxylic acids is 2. The largest absolute Gasteiger partial charge is 0.379 e. The van der Waals surface area contributed by atoms with E-state index in [1.54, 1.807) is 6.07 Å². The molecule has 0 spiro atoms. The second kappa shape index (κ2) is 12.3. The van der Waals surface area contributed by atoms with E-state index >= 15 is 0 Å². The molecule has 3 aromatic rings. The molecule has 1 fully saturated rings. The van der Waals surface area contributed by atoms with E-state index < -0.39 is 11.7 Å². The van der Waals surface area contributed by atoms with E-state index in [2.05, 4.69) is 35.8 Å². The quantitative estimate of drug-likeness (QED) is 0.295. The Hall–Kier alpha value is -3.67. The number of pyridine rings is 1. The number of carbonyl (C=O) groups is 2. The monoisotopic (exact) mass is 513 g/mol. The maximum atomic E-state index is 13.5. The highest BCUT2D eigenvalue weighted by Crippen LogP contribution is 2.26. The molecule has 188 valence electrons. The molecule has 2 aromatic heterocycles. The predicted octanol–water partition coefficient (Wildman–Crippen LogP) is 2.89. The number of nitrogens with one attached hydrogen (secondary N) is 3. The Kier molecular flexibility index (Phi) is 8.71. The van der Waals surface area contributed by atoms with Crippen molar-refractivity contribution in [3.05, 3.63) is 59.8 Å². The molecule has 0 radical (unpaired) electrons. The molecule has 2 amide bonds. The predicted molar refractivity (Wildman–Crippen MR) is 135 cm³/mol. The van der Waals surface area contributed by atoms with Crippen molar-refractivity contribution in [3.8, 4) is 0 Å². The Morgan fingerprint density at radius 1 is 1.11 bits per heavy atom. The zero-order valence-electron chi connectivity index (χ0n) is 19.3. The van der Waals surface area contributed by atoms with Gasteiger partial charge in [-0.15, -0.1) is 0 Å². The van der Waals surface area contributed by atoms with Gasteiger partial charge in [0.15, 0.2) is 0 Å². The minimum Gasteiger partial charge on any atom is -0.379 e. The van der Waals surface area contributed by atoms with Crippen LogP contribution in [0.5, 0.6) is 0 Å². The Labute approximate surface area is 211 Å². The fourth-order valence-corrected chi connectivity index (χ4v) is 3.74. The SMILES string of the molecule is O=C(C=CC(=O)Nc1cc2c(Nc3ccc(F)c(Cl)c3)ncnc2cn1)NCCCN1CCOCC1. The van der Waals surface area contributed by atoms with E-state index in [0.717, 1.165) is 45.3 Å². The van der Waals surface area contributed by atoms with Crippen LogP contribution in [0.1, 0.15) is 6.42 Å². The summed E-state index contributed by atoms with van der Waals surface area (Å²) in [6, 6.07) is 5.80. The van der Waals surface area contributed by atoms with Crippen LogP contribution in [0.3, 0.4) is 0 Å². The maximum Gasteiger partial charge on any atom is 0.249 e. The molecule has 0 bridgehead atoms. The van der Waals surface area contributed by atoms with E-state index in [-0.39, 0.29) is 16.7 Å². The summed E-state index contributed by atoms with van der Waals surface area (Å²) in [7, 11) is 0. The molecule has 36 heavy (non-hydrogen) atoms. The molecular weight excluding hydrogens is 489 g/mol. The van der Waals surface area contributed by atoms with Crippen molar-refractivity contribution in [1.82, 2.24) is 25.2 Å². The van der Waals surface area contributed by atoms with Gasteiger partial charge in [-0.25, -0.2) is 19.3 Å². The van der Waals surface area contributed by atoms with E-state index in [1.807, 2.05) is 0 Å². The number of morpholine rings is 1. The Bertz CT molecular complexity index is 1270. The van der Waals surface area contributed by atoms with Crippen molar-refractivity contribution in [2.75, 3.05) is 50.0 Å². The lowest BCUT2D eigenvalue weighted by atomic mass is 10.2. The van der Waals surface area contributed by atoms with Gasteiger partial charge in [0.2, 0.25) is 11.8 Å². The van der Waals surface area contributed by atoms with Crippen LogP contribution in [0, 0.1) is 5.82 Å². The molecule has 1 aromatic carbocycles. The van der Waals surface area contributed by atoms with E-state index in [0.29, 0.717) is 29.0 Å². The van der Waals surface area contributed by atoms with E-state index in [1.165, 1.54) is 36.8 Å². The average molecular weight is 514 g/mol. The zero-order valence-corrected chi connectivity index (χ0v) is 20.1. The summed E-state index contributed by atoms with van der Waals surface area (Å²) in [6.45, 7) is 4.69. The lowest BCUT2D eigenvalue weighted by Gasteiger charge is -2.26. The minimum atomic E-state index is -0.529. The van der Waals surface area contributed by atoms with Crippen molar-refractivity contribution in [3.63, 3.8) is 0 Å². The molecule has 1 aliphatic heterocycles. The first-order chi connectivity index (χ1) is 17.5. The molecule has 1 aliphatic rings. The van der Waals surface area contributed by atoms with Gasteiger partial charge in [0.05, 0.1) is 29.9 Å². The molecule has 3 N–H and O–H groups in total. The highest BCUT2D eigenvalue weighted by Gasteiger charge is 2.11. The Morgan fingerprint density at radius 3 is 2.72 bits per heavy atom. The summed E-state index contributed by atoms with van der Waals surface area (Å²) >= 11 is 5.85. The Morgan fingerprint density at radius 2 is 1.92 bits per heavy atom. The third-order valence-corrected chi connectivity index (χ3v) is 5.69. The van der Waals surface area contributed by atoms with Gasteiger partial charge in [-0.2, -0.15) is 0 Å². The van der Waals surface area contributed by atoms with Crippen LogP contribution in [0.25, 0.3) is 10.9 Å². The van der Waals surface area contributed by atoms with E-state index in [4.69, 9.17) is 16.3 Å². The second-order valence-electron chi connectivity index (χ2n) is 7.98. The summed E-state index contributed by atoms with van der Waals surface area (Å²) in [5.41, 5.74) is 1.06. The lowest BCUT2D eigenvalue weighted by Crippen LogP contribution is -2.38. The number of halogens is 2. The molecule has 10 nitrogen and oxygen atoms in total. The van der Waals surface area contributed by atoms with Crippen LogP contribution in [-0.2, 0) is 14.3 Å². The van der Waals surface area contributed by atoms with E-state index in [9.17, 15) is 14.0 Å². The maximum absolute atomic E-state index is 13.5. The number of fused-ring (bicyclic) bond motifs is 1. The number of nitrogens with zero attached hydrogens (tertiary/aromatic N) is 4. The van der Waals surface area contributed by atoms with Gasteiger partial charge in [0.1, 0.15) is 23.8 Å². The first-order valence-electron chi connectivity index (χ1n) is 11.4. The van der Waals surface area contributed by atoms with Gasteiger partial charge in [0, 0.05) is 42.9 Å². The fourth-order valence-electron chi connectivity index (χ4n) is 3.55. The first kappa shape index (κ1) is 25.4. The van der Waals surface area contributed by atoms with Crippen LogP contribution in [-0.4, -0.2) is 71.1 Å². The second-order valence-corrected chi connectivity index (χ2v) is 8.39. The van der Waals surface area contributed by atoms with Crippen LogP contribution < -0.4 is 16.0 Å². The van der Waals surface area contributed by atoms with Crippen LogP contribution in [0.15, 0.2) is 48.9 Å². The van der Waals surface area contributed by atoms with Gasteiger partial charge < -0.3 is 20.7 Å². The number of anilines is 3. The highest BCUT2D eigenvalue weighted by molar-refractivity contribution is 6.31. The number of rotatable bonds is 9. The van der Waals surface area contributed by atoms with Crippen molar-refractivity contribution in [1.29, 1.82) is 0 Å². The van der Waals surface area contributed by atoms with Crippen molar-refractivity contribution in [2.45, 2.75) is 6.42 Å². The Balaban J connectivity index is 1.32. The standard InChI is InChI=1S/C24H25ClFN7O3/c25-18-12-16(2-3-19(18)26)31-24-17-13-21(28-14-20(17)29-15-30-24)32-23(35)5-4-22(34)27-6-1-7-33-8-10-36-11-9-33/h2-5,12-15H,1,6-11H2,(H,27,34)(H,28,32,35)(H,29,30,31). The third kappa shape index (κ3) is 7.17. The summed E-state index contributed by atoms with van der Waals surface area (Å²) in [6.07, 6.45) is 5.98. The minimum absolute atomic E-state index is 0.0269. The number of benzene rings is 1. The number of aromatic nitrogens is 3. The molecule has 1 saturated heterocycles. The summed E-state index contributed by atoms with van der Waals surface area (Å²) in [5, 5.41) is 8.99. The first-order valence-corrected chi connectivity index (χ1v) is 11.8. The molecule has 4 rings (SSSR count). The molecule has 0 aliphatic carbocycles. The van der Waals surface area contributed by atoms with Gasteiger partial charge in [0.25, 0.3) is 0 Å². The molecule has 0 unspecified atom stereocenters. The third-order valence-electron chi connectivity index (χ3n) is 5.40. The summed E-state index contributed by atoms with van der Waals surface area (Å²) in [4.78, 5) is 39.2. The smallest absolute Gasteiger partial charge is 0.249 e. The number of hydrogen-bond donors (Lipinski definition) is 3. The lowest BCUT2D eigenvalue weighted by molar-refractivity contribution is -0.117. The summed E-state index contributed by atoms with van der Waals surface area (Å²) in [5.74, 6) is -0.720. The number of hydrogen-bond acceptors (Lipinski definition) is 8. The van der Waals surface area contributed by atoms with Crippen molar-refractivity contribution < 1.29 is 18.7 Å². The van der Waals surface area contributed by atoms with Gasteiger partial charge in [-0.1, -0.05) is 11.6 Å². The fraction of sp³-hybridized carbons (Fsp3) is 0.292. The molecule has 12 heteroatoms. The molecule has 3 heterocycles. The zero-order chi connectivity index (χ0) is 25.3. The van der Waals surface area contributed by atoms with Crippen LogP contribution >= 0.6 is 11.6 Å². The van der Waals surface area contributed by atoms with Gasteiger partial charge >= 0.3 is 0 Å². The molecule has 0 atom stereocenters. The topological polar surface area (TPSA) is 121 Å². The highest BCUT2D eigenvalue weighted by atomic mass is 35.5. The number of ether oxygens (including phenoxy) is 1. The number of amides is 2. The molecular formula is C24H25ClFN7O3. The normalized spacial score (nSPS) is 14.2. The van der Waals surface area contributed by atoms with Crippen LogP contribution in [0.4, 0.5) is 21.7 Å². The van der Waals surface area contributed by atoms with Gasteiger partial charge in [-0.05, 0) is 37.2 Å². The van der Waals surface area contributed by atoms with Crippen molar-refractivity contribution in [2.24, 2.45) is 0 Å². The average Bonchev–Trinajstić information content (AvgIpc) is 2.88. The van der Waals surface area contributed by atoms with Crippen LogP contribution in [0.2, 0.25) is 5.02 Å². The molecule has 0 saturated carbocycles.